The second-order valence-electron chi connectivity index (χ2n) is 15.6. The van der Waals surface area contributed by atoms with Gasteiger partial charge in [0, 0.05) is 19.6 Å². The van der Waals surface area contributed by atoms with Gasteiger partial charge in [0.1, 0.15) is 6.10 Å². The molecule has 2 N–H and O–H groups in total. The van der Waals surface area contributed by atoms with Crippen molar-refractivity contribution in [2.45, 2.75) is 137 Å². The maximum atomic E-state index is 12.5. The highest BCUT2D eigenvalue weighted by atomic mass is 16.6. The molecule has 4 aliphatic carbocycles. The van der Waals surface area contributed by atoms with Crippen molar-refractivity contribution in [1.82, 2.24) is 5.32 Å². The molecule has 0 aromatic heterocycles. The Labute approximate surface area is 245 Å². The van der Waals surface area contributed by atoms with Gasteiger partial charge in [0.25, 0.3) is 0 Å². The Morgan fingerprint density at radius 2 is 1.85 bits per heavy atom. The van der Waals surface area contributed by atoms with Gasteiger partial charge in [-0.15, -0.1) is 0 Å². The van der Waals surface area contributed by atoms with Crippen LogP contribution < -0.4 is 5.32 Å². The van der Waals surface area contributed by atoms with Crippen LogP contribution >= 0.6 is 0 Å². The molecule has 0 aliphatic heterocycles. The minimum Gasteiger partial charge on any atom is -0.446 e. The number of carbonyl (C=O) groups excluding carboxylic acids is 1. The zero-order valence-corrected chi connectivity index (χ0v) is 26.9. The van der Waals surface area contributed by atoms with E-state index >= 15 is 0 Å². The molecule has 8 atom stereocenters. The molecule has 5 heteroatoms. The summed E-state index contributed by atoms with van der Waals surface area (Å²) in [6, 6.07) is 0. The molecule has 0 aromatic rings. The lowest BCUT2D eigenvalue weighted by Gasteiger charge is -2.58. The second-order valence-corrected chi connectivity index (χ2v) is 15.6. The van der Waals surface area contributed by atoms with Crippen LogP contribution in [0.2, 0.25) is 0 Å². The van der Waals surface area contributed by atoms with Gasteiger partial charge in [-0.3, -0.25) is 0 Å². The zero-order chi connectivity index (χ0) is 29.1. The van der Waals surface area contributed by atoms with Crippen molar-refractivity contribution in [3.8, 4) is 0 Å². The lowest BCUT2D eigenvalue weighted by atomic mass is 9.47. The van der Waals surface area contributed by atoms with E-state index in [1.807, 2.05) is 13.8 Å². The van der Waals surface area contributed by atoms with E-state index < -0.39 is 5.60 Å². The Morgan fingerprint density at radius 3 is 2.58 bits per heavy atom. The summed E-state index contributed by atoms with van der Waals surface area (Å²) in [7, 11) is 0. The fourth-order valence-corrected chi connectivity index (χ4v) is 9.60. The first-order chi connectivity index (χ1) is 18.9. The molecule has 2 unspecified atom stereocenters. The summed E-state index contributed by atoms with van der Waals surface area (Å²) in [6.07, 6.45) is 17.0. The summed E-state index contributed by atoms with van der Waals surface area (Å²) >= 11 is 0. The molecule has 0 bridgehead atoms. The number of amides is 1. The van der Waals surface area contributed by atoms with E-state index in [1.165, 1.54) is 51.4 Å². The molecule has 40 heavy (non-hydrogen) atoms. The molecule has 0 radical (unpaired) electrons. The predicted octanol–water partition coefficient (Wildman–Crippen LogP) is 8.30. The van der Waals surface area contributed by atoms with Gasteiger partial charge in [-0.2, -0.15) is 0 Å². The molecule has 230 valence electrons. The average molecular weight is 560 g/mol. The minimum atomic E-state index is -0.538. The van der Waals surface area contributed by atoms with Crippen LogP contribution in [0.1, 0.15) is 126 Å². The van der Waals surface area contributed by atoms with Gasteiger partial charge in [0.15, 0.2) is 0 Å². The molecule has 3 fully saturated rings. The number of nitrogens with one attached hydrogen (secondary N) is 1. The highest BCUT2D eigenvalue weighted by molar-refractivity contribution is 5.67. The second kappa shape index (κ2) is 13.1. The molecule has 4 aliphatic rings. The molecule has 3 saturated carbocycles. The lowest BCUT2D eigenvalue weighted by Crippen LogP contribution is -2.51. The van der Waals surface area contributed by atoms with Crippen molar-refractivity contribution in [2.24, 2.45) is 46.3 Å². The summed E-state index contributed by atoms with van der Waals surface area (Å²) in [5.74, 6) is 5.08. The lowest BCUT2D eigenvalue weighted by molar-refractivity contribution is -0.0584. The van der Waals surface area contributed by atoms with Crippen LogP contribution in [0.4, 0.5) is 4.79 Å². The number of aliphatic hydroxyl groups excluding tert-OH is 1. The van der Waals surface area contributed by atoms with Crippen LogP contribution in [0.15, 0.2) is 11.6 Å². The predicted molar refractivity (Wildman–Crippen MR) is 163 cm³/mol. The van der Waals surface area contributed by atoms with E-state index in [2.05, 4.69) is 46.0 Å². The number of allylic oxidation sites excluding steroid dienone is 1. The molecule has 0 heterocycles. The van der Waals surface area contributed by atoms with E-state index in [-0.39, 0.29) is 24.2 Å². The number of aliphatic hydroxyl groups is 1. The molecule has 1 amide bonds. The molecule has 0 aromatic carbocycles. The Hall–Kier alpha value is -1.07. The largest absolute Gasteiger partial charge is 0.446 e. The molecular formula is C35H61NO4. The van der Waals surface area contributed by atoms with Crippen LogP contribution in [-0.4, -0.2) is 42.7 Å². The van der Waals surface area contributed by atoms with Gasteiger partial charge >= 0.3 is 6.09 Å². The van der Waals surface area contributed by atoms with E-state index in [0.717, 1.165) is 54.8 Å². The van der Waals surface area contributed by atoms with Crippen LogP contribution in [0.25, 0.3) is 0 Å². The van der Waals surface area contributed by atoms with Crippen molar-refractivity contribution in [2.75, 3.05) is 19.8 Å². The SMILES string of the molecule is CC(C)CCCC(C)C1CC[C@H]2[C@@H]3CC=C4C[C@@H](OC(=O)NCCCOC(C)(C)CO)CC[C@]4(C)[C@H]3CC[C@]12C. The van der Waals surface area contributed by atoms with E-state index in [4.69, 9.17) is 9.47 Å². The molecular weight excluding hydrogens is 498 g/mol. The van der Waals surface area contributed by atoms with Gasteiger partial charge < -0.3 is 19.9 Å². The third-order valence-corrected chi connectivity index (χ3v) is 12.0. The Kier molecular flexibility index (Phi) is 10.4. The van der Waals surface area contributed by atoms with Gasteiger partial charge in [0.05, 0.1) is 12.2 Å². The normalized spacial score (nSPS) is 36.3. The van der Waals surface area contributed by atoms with Gasteiger partial charge in [-0.25, -0.2) is 4.79 Å². The Morgan fingerprint density at radius 1 is 1.07 bits per heavy atom. The van der Waals surface area contributed by atoms with Crippen molar-refractivity contribution in [1.29, 1.82) is 0 Å². The summed E-state index contributed by atoms with van der Waals surface area (Å²) in [6.45, 7) is 17.2. The number of fused-ring (bicyclic) bond motifs is 5. The summed E-state index contributed by atoms with van der Waals surface area (Å²) in [5.41, 5.74) is 1.83. The third-order valence-electron chi connectivity index (χ3n) is 12.0. The standard InChI is InChI=1S/C35H61NO4/c1-24(2)10-8-11-25(3)29-14-15-30-28-13-12-26-22-27(16-18-34(26,6)31(28)17-19-35(29,30)7)40-32(38)36-20-9-21-39-33(4,5)23-37/h12,24-25,27-31,37H,8-11,13-23H2,1-7H3,(H,36,38)/t25?,27-,28-,29?,30-,31-,34-,35+/m0/s1. The smallest absolute Gasteiger partial charge is 0.407 e. The van der Waals surface area contributed by atoms with Gasteiger partial charge in [-0.05, 0) is 112 Å². The number of hydrogen-bond donors (Lipinski definition) is 2. The quantitative estimate of drug-likeness (QED) is 0.186. The average Bonchev–Trinajstić information content (AvgIpc) is 3.25. The molecule has 4 rings (SSSR count). The molecule has 0 spiro atoms. The highest BCUT2D eigenvalue weighted by Gasteiger charge is 2.59. The van der Waals surface area contributed by atoms with Gasteiger partial charge in [-0.1, -0.05) is 65.5 Å². The topological polar surface area (TPSA) is 67.8 Å². The maximum Gasteiger partial charge on any atom is 0.407 e. The zero-order valence-electron chi connectivity index (χ0n) is 26.9. The van der Waals surface area contributed by atoms with E-state index in [1.54, 1.807) is 5.57 Å². The number of alkyl carbamates (subject to hydrolysis) is 1. The fraction of sp³-hybridized carbons (Fsp3) is 0.914. The van der Waals surface area contributed by atoms with Crippen molar-refractivity contribution >= 4 is 6.09 Å². The Bertz CT molecular complexity index is 883. The van der Waals surface area contributed by atoms with Crippen molar-refractivity contribution in [3.05, 3.63) is 11.6 Å². The minimum absolute atomic E-state index is 0.0151. The first kappa shape index (κ1) is 31.9. The number of carbonyl (C=O) groups is 1. The Balaban J connectivity index is 1.29. The summed E-state index contributed by atoms with van der Waals surface area (Å²) < 4.78 is 11.5. The van der Waals surface area contributed by atoms with E-state index in [9.17, 15) is 9.90 Å². The van der Waals surface area contributed by atoms with Crippen LogP contribution in [0, 0.1) is 46.3 Å². The van der Waals surface area contributed by atoms with Crippen LogP contribution in [0.5, 0.6) is 0 Å². The first-order valence-electron chi connectivity index (χ1n) is 16.8. The molecule has 5 nitrogen and oxygen atoms in total. The summed E-state index contributed by atoms with van der Waals surface area (Å²) in [4.78, 5) is 12.5. The number of ether oxygens (including phenoxy) is 2. The van der Waals surface area contributed by atoms with Crippen molar-refractivity contribution in [3.63, 3.8) is 0 Å². The maximum absolute atomic E-state index is 12.5. The number of hydrogen-bond acceptors (Lipinski definition) is 4. The number of rotatable bonds is 12. The highest BCUT2D eigenvalue weighted by Crippen LogP contribution is 2.67. The van der Waals surface area contributed by atoms with Crippen LogP contribution in [-0.2, 0) is 9.47 Å². The molecule has 0 saturated heterocycles. The van der Waals surface area contributed by atoms with E-state index in [0.29, 0.717) is 25.0 Å². The van der Waals surface area contributed by atoms with Gasteiger partial charge in [0.2, 0.25) is 0 Å². The third kappa shape index (κ3) is 6.93. The summed E-state index contributed by atoms with van der Waals surface area (Å²) in [5, 5.41) is 12.2. The fourth-order valence-electron chi connectivity index (χ4n) is 9.60. The van der Waals surface area contributed by atoms with Crippen molar-refractivity contribution < 1.29 is 19.4 Å². The first-order valence-corrected chi connectivity index (χ1v) is 16.8. The monoisotopic (exact) mass is 559 g/mol. The van der Waals surface area contributed by atoms with Crippen LogP contribution in [0.3, 0.4) is 0 Å².